The molecule has 1 amide bonds. The third-order valence-corrected chi connectivity index (χ3v) is 3.16. The average Bonchev–Trinajstić information content (AvgIpc) is 2.77. The highest BCUT2D eigenvalue weighted by atomic mass is 16.5. The summed E-state index contributed by atoms with van der Waals surface area (Å²) in [4.78, 5) is 12.2. The number of carbonyl (C=O) groups is 1. The fraction of sp³-hybridized carbons (Fsp3) is 0.375. The van der Waals surface area contributed by atoms with E-state index >= 15 is 0 Å². The highest BCUT2D eigenvalue weighted by Crippen LogP contribution is 2.18. The third-order valence-electron chi connectivity index (χ3n) is 3.16. The minimum absolute atomic E-state index is 0.195. The zero-order valence-electron chi connectivity index (χ0n) is 12.9. The molecule has 1 aromatic carbocycles. The summed E-state index contributed by atoms with van der Waals surface area (Å²) < 4.78 is 5.63. The number of nitrogens with one attached hydrogen (secondary N) is 2. The number of hydrogen-bond acceptors (Lipinski definition) is 3. The van der Waals surface area contributed by atoms with Crippen LogP contribution in [-0.2, 0) is 0 Å². The van der Waals surface area contributed by atoms with Crippen LogP contribution in [-0.4, -0.2) is 22.7 Å². The van der Waals surface area contributed by atoms with Crippen LogP contribution in [0.3, 0.4) is 0 Å². The van der Waals surface area contributed by atoms with Crippen LogP contribution in [0.5, 0.6) is 5.75 Å². The number of H-pyrrole nitrogens is 1. The van der Waals surface area contributed by atoms with Gasteiger partial charge in [-0.15, -0.1) is 0 Å². The smallest absolute Gasteiger partial charge is 0.257 e. The highest BCUT2D eigenvalue weighted by molar-refractivity contribution is 6.04. The van der Waals surface area contributed by atoms with Crippen LogP contribution in [0, 0.1) is 19.8 Å². The topological polar surface area (TPSA) is 67.0 Å². The molecular formula is C16H21N3O2. The van der Waals surface area contributed by atoms with Crippen molar-refractivity contribution in [3.8, 4) is 5.75 Å². The maximum atomic E-state index is 12.2. The molecule has 0 aliphatic carbocycles. The lowest BCUT2D eigenvalue weighted by Gasteiger charge is -2.10. The highest BCUT2D eigenvalue weighted by Gasteiger charge is 2.12. The van der Waals surface area contributed by atoms with Gasteiger partial charge in [-0.3, -0.25) is 9.89 Å². The van der Waals surface area contributed by atoms with Crippen molar-refractivity contribution in [3.05, 3.63) is 41.1 Å². The Balaban J connectivity index is 2.08. The van der Waals surface area contributed by atoms with E-state index < -0.39 is 0 Å². The number of aromatic amines is 1. The van der Waals surface area contributed by atoms with E-state index in [1.54, 1.807) is 12.1 Å². The van der Waals surface area contributed by atoms with Gasteiger partial charge in [0.2, 0.25) is 0 Å². The number of aromatic nitrogens is 2. The second-order valence-electron chi connectivity index (χ2n) is 5.51. The Morgan fingerprint density at radius 2 is 2.14 bits per heavy atom. The van der Waals surface area contributed by atoms with Crippen molar-refractivity contribution in [2.75, 3.05) is 11.9 Å². The lowest BCUT2D eigenvalue weighted by atomic mass is 10.2. The fourth-order valence-electron chi connectivity index (χ4n) is 1.78. The molecule has 21 heavy (non-hydrogen) atoms. The normalized spacial score (nSPS) is 10.7. The van der Waals surface area contributed by atoms with Gasteiger partial charge in [-0.25, -0.2) is 0 Å². The zero-order chi connectivity index (χ0) is 15.4. The second-order valence-corrected chi connectivity index (χ2v) is 5.51. The standard InChI is InChI=1S/C16H21N3O2/c1-10(2)9-21-14-7-5-6-13(8-14)16(20)17-15-11(3)12(4)18-19-15/h5-8,10H,9H2,1-4H3,(H2,17,18,19,20). The van der Waals surface area contributed by atoms with E-state index in [1.165, 1.54) is 0 Å². The van der Waals surface area contributed by atoms with E-state index in [0.29, 0.717) is 29.7 Å². The van der Waals surface area contributed by atoms with Crippen molar-refractivity contribution in [1.29, 1.82) is 0 Å². The predicted molar refractivity (Wildman–Crippen MR) is 82.8 cm³/mol. The zero-order valence-corrected chi connectivity index (χ0v) is 12.9. The van der Waals surface area contributed by atoms with Crippen LogP contribution in [0.1, 0.15) is 35.5 Å². The molecule has 112 valence electrons. The van der Waals surface area contributed by atoms with Crippen molar-refractivity contribution >= 4 is 11.7 Å². The SMILES string of the molecule is Cc1[nH]nc(NC(=O)c2cccc(OCC(C)C)c2)c1C. The minimum Gasteiger partial charge on any atom is -0.493 e. The van der Waals surface area contributed by atoms with Gasteiger partial charge in [-0.2, -0.15) is 5.10 Å². The molecule has 0 atom stereocenters. The van der Waals surface area contributed by atoms with Gasteiger partial charge in [-0.1, -0.05) is 19.9 Å². The Morgan fingerprint density at radius 3 is 2.76 bits per heavy atom. The summed E-state index contributed by atoms with van der Waals surface area (Å²) in [6.07, 6.45) is 0. The van der Waals surface area contributed by atoms with Crippen LogP contribution >= 0.6 is 0 Å². The Labute approximate surface area is 124 Å². The van der Waals surface area contributed by atoms with Gasteiger partial charge >= 0.3 is 0 Å². The first kappa shape index (κ1) is 15.1. The molecule has 0 bridgehead atoms. The molecule has 5 heteroatoms. The number of amides is 1. The summed E-state index contributed by atoms with van der Waals surface area (Å²) in [5, 5.41) is 9.73. The number of carbonyl (C=O) groups excluding carboxylic acids is 1. The average molecular weight is 287 g/mol. The number of anilines is 1. The molecule has 5 nitrogen and oxygen atoms in total. The maximum Gasteiger partial charge on any atom is 0.257 e. The Hall–Kier alpha value is -2.30. The molecule has 0 aliphatic rings. The molecule has 0 radical (unpaired) electrons. The predicted octanol–water partition coefficient (Wildman–Crippen LogP) is 3.31. The molecule has 1 aromatic heterocycles. The van der Waals surface area contributed by atoms with Crippen LogP contribution in [0.4, 0.5) is 5.82 Å². The molecule has 1 heterocycles. The number of benzene rings is 1. The maximum absolute atomic E-state index is 12.2. The van der Waals surface area contributed by atoms with E-state index in [4.69, 9.17) is 4.74 Å². The number of rotatable bonds is 5. The van der Waals surface area contributed by atoms with E-state index in [9.17, 15) is 4.79 Å². The van der Waals surface area contributed by atoms with Crippen molar-refractivity contribution < 1.29 is 9.53 Å². The largest absolute Gasteiger partial charge is 0.493 e. The van der Waals surface area contributed by atoms with Gasteiger partial charge < -0.3 is 10.1 Å². The number of ether oxygens (including phenoxy) is 1. The van der Waals surface area contributed by atoms with Gasteiger partial charge in [0.05, 0.1) is 6.61 Å². The Kier molecular flexibility index (Phi) is 4.62. The van der Waals surface area contributed by atoms with Gasteiger partial charge in [0.15, 0.2) is 5.82 Å². The molecule has 0 aliphatic heterocycles. The number of hydrogen-bond donors (Lipinski definition) is 2. The quantitative estimate of drug-likeness (QED) is 0.886. The third kappa shape index (κ3) is 3.84. The van der Waals surface area contributed by atoms with Gasteiger partial charge in [0, 0.05) is 16.8 Å². The Bertz CT molecular complexity index is 632. The van der Waals surface area contributed by atoms with E-state index in [1.807, 2.05) is 26.0 Å². The van der Waals surface area contributed by atoms with Crippen LogP contribution in [0.25, 0.3) is 0 Å². The Morgan fingerprint density at radius 1 is 1.38 bits per heavy atom. The lowest BCUT2D eigenvalue weighted by Crippen LogP contribution is -2.13. The number of nitrogens with zero attached hydrogens (tertiary/aromatic N) is 1. The first-order valence-electron chi connectivity index (χ1n) is 7.03. The lowest BCUT2D eigenvalue weighted by molar-refractivity contribution is 0.102. The van der Waals surface area contributed by atoms with Gasteiger partial charge in [0.25, 0.3) is 5.91 Å². The van der Waals surface area contributed by atoms with Gasteiger partial charge in [0.1, 0.15) is 5.75 Å². The molecule has 2 N–H and O–H groups in total. The molecule has 2 rings (SSSR count). The number of aryl methyl sites for hydroxylation is 1. The van der Waals surface area contributed by atoms with E-state index in [2.05, 4.69) is 29.4 Å². The van der Waals surface area contributed by atoms with Gasteiger partial charge in [-0.05, 0) is 38.0 Å². The summed E-state index contributed by atoms with van der Waals surface area (Å²) in [7, 11) is 0. The molecule has 0 saturated carbocycles. The van der Waals surface area contributed by atoms with E-state index in [-0.39, 0.29) is 5.91 Å². The summed E-state index contributed by atoms with van der Waals surface area (Å²) in [6.45, 7) is 8.62. The molecule has 2 aromatic rings. The van der Waals surface area contributed by atoms with Crippen molar-refractivity contribution in [2.24, 2.45) is 5.92 Å². The summed E-state index contributed by atoms with van der Waals surface area (Å²) in [5.41, 5.74) is 2.44. The second kappa shape index (κ2) is 6.43. The van der Waals surface area contributed by atoms with Crippen LogP contribution in [0.15, 0.2) is 24.3 Å². The molecule has 0 fully saturated rings. The first-order valence-corrected chi connectivity index (χ1v) is 7.03. The fourth-order valence-corrected chi connectivity index (χ4v) is 1.78. The molecule has 0 spiro atoms. The van der Waals surface area contributed by atoms with E-state index in [0.717, 1.165) is 11.3 Å². The summed E-state index contributed by atoms with van der Waals surface area (Å²) in [5.74, 6) is 1.51. The van der Waals surface area contributed by atoms with Crippen molar-refractivity contribution in [3.63, 3.8) is 0 Å². The van der Waals surface area contributed by atoms with Crippen molar-refractivity contribution in [2.45, 2.75) is 27.7 Å². The van der Waals surface area contributed by atoms with Crippen molar-refractivity contribution in [1.82, 2.24) is 10.2 Å². The summed E-state index contributed by atoms with van der Waals surface area (Å²) >= 11 is 0. The minimum atomic E-state index is -0.195. The molecular weight excluding hydrogens is 266 g/mol. The summed E-state index contributed by atoms with van der Waals surface area (Å²) in [6, 6.07) is 7.16. The molecule has 0 saturated heterocycles. The first-order chi connectivity index (χ1) is 9.97. The monoisotopic (exact) mass is 287 g/mol. The molecule has 0 unspecified atom stereocenters. The van der Waals surface area contributed by atoms with Crippen LogP contribution < -0.4 is 10.1 Å². The van der Waals surface area contributed by atoms with Crippen LogP contribution in [0.2, 0.25) is 0 Å².